The van der Waals surface area contributed by atoms with E-state index in [9.17, 15) is 4.79 Å². The first-order valence-electron chi connectivity index (χ1n) is 5.74. The first kappa shape index (κ1) is 13.7. The molecule has 0 aliphatic heterocycles. The van der Waals surface area contributed by atoms with Crippen LogP contribution in [0.3, 0.4) is 0 Å². The molecule has 7 heteroatoms. The Morgan fingerprint density at radius 3 is 2.89 bits per heavy atom. The minimum atomic E-state index is -0.953. The zero-order valence-electron chi connectivity index (χ0n) is 10.7. The molecule has 6 nitrogen and oxygen atoms in total. The molecule has 0 aliphatic rings. The molecule has 0 fully saturated rings. The summed E-state index contributed by atoms with van der Waals surface area (Å²) < 4.78 is 10.5. The SMILES string of the molecule is COCCCOc1ncnc2sc(C(=O)O)c(C)c12. The third-order valence-corrected chi connectivity index (χ3v) is 3.81. The zero-order chi connectivity index (χ0) is 13.8. The van der Waals surface area contributed by atoms with E-state index < -0.39 is 5.97 Å². The van der Waals surface area contributed by atoms with Gasteiger partial charge in [0.05, 0.1) is 12.0 Å². The van der Waals surface area contributed by atoms with Gasteiger partial charge < -0.3 is 14.6 Å². The third-order valence-electron chi connectivity index (χ3n) is 2.62. The topological polar surface area (TPSA) is 81.5 Å². The molecule has 102 valence electrons. The molecular formula is C12H14N2O4S. The number of aryl methyl sites for hydroxylation is 1. The minimum Gasteiger partial charge on any atom is -0.477 e. The molecule has 0 saturated carbocycles. The number of hydrogen-bond donors (Lipinski definition) is 1. The molecule has 0 radical (unpaired) electrons. The Morgan fingerprint density at radius 1 is 1.42 bits per heavy atom. The molecular weight excluding hydrogens is 268 g/mol. The molecule has 0 amide bonds. The Kier molecular flexibility index (Phi) is 4.28. The molecule has 0 saturated heterocycles. The monoisotopic (exact) mass is 282 g/mol. The van der Waals surface area contributed by atoms with Crippen molar-refractivity contribution in [3.8, 4) is 5.88 Å². The molecule has 2 heterocycles. The molecule has 2 aromatic rings. The van der Waals surface area contributed by atoms with Crippen LogP contribution < -0.4 is 4.74 Å². The fraction of sp³-hybridized carbons (Fsp3) is 0.417. The fourth-order valence-corrected chi connectivity index (χ4v) is 2.70. The summed E-state index contributed by atoms with van der Waals surface area (Å²) in [6.45, 7) is 2.82. The number of carboxylic acids is 1. The maximum absolute atomic E-state index is 11.1. The number of nitrogens with zero attached hydrogens (tertiary/aromatic N) is 2. The standard InChI is InChI=1S/C12H14N2O4S/c1-7-8-10(18-5-3-4-17-2)13-6-14-11(8)19-9(7)12(15)16/h6H,3-5H2,1-2H3,(H,15,16). The lowest BCUT2D eigenvalue weighted by atomic mass is 10.2. The summed E-state index contributed by atoms with van der Waals surface area (Å²) >= 11 is 1.13. The first-order valence-corrected chi connectivity index (χ1v) is 6.56. The van der Waals surface area contributed by atoms with Gasteiger partial charge in [0, 0.05) is 20.1 Å². The number of aromatic nitrogens is 2. The molecule has 0 aliphatic carbocycles. The number of hydrogen-bond acceptors (Lipinski definition) is 6. The van der Waals surface area contributed by atoms with E-state index in [4.69, 9.17) is 14.6 Å². The molecule has 2 aromatic heterocycles. The van der Waals surface area contributed by atoms with Crippen LogP contribution in [0.15, 0.2) is 6.33 Å². The van der Waals surface area contributed by atoms with Gasteiger partial charge in [0.15, 0.2) is 0 Å². The zero-order valence-corrected chi connectivity index (χ0v) is 11.5. The third kappa shape index (κ3) is 2.82. The van der Waals surface area contributed by atoms with Gasteiger partial charge in [-0.2, -0.15) is 0 Å². The Labute approximate surface area is 114 Å². The molecule has 0 unspecified atom stereocenters. The lowest BCUT2D eigenvalue weighted by Crippen LogP contribution is -2.03. The number of carbonyl (C=O) groups is 1. The van der Waals surface area contributed by atoms with Crippen molar-refractivity contribution in [1.82, 2.24) is 9.97 Å². The maximum atomic E-state index is 11.1. The summed E-state index contributed by atoms with van der Waals surface area (Å²) in [5, 5.41) is 9.79. The van der Waals surface area contributed by atoms with Gasteiger partial charge in [-0.25, -0.2) is 14.8 Å². The van der Waals surface area contributed by atoms with Crippen LogP contribution >= 0.6 is 11.3 Å². The van der Waals surface area contributed by atoms with E-state index in [1.807, 2.05) is 0 Å². The van der Waals surface area contributed by atoms with Gasteiger partial charge in [0.25, 0.3) is 0 Å². The highest BCUT2D eigenvalue weighted by molar-refractivity contribution is 7.20. The van der Waals surface area contributed by atoms with E-state index in [1.54, 1.807) is 14.0 Å². The van der Waals surface area contributed by atoms with Gasteiger partial charge in [-0.15, -0.1) is 11.3 Å². The van der Waals surface area contributed by atoms with Crippen molar-refractivity contribution >= 4 is 27.5 Å². The fourth-order valence-electron chi connectivity index (χ4n) is 1.72. The predicted molar refractivity (Wildman–Crippen MR) is 71.1 cm³/mol. The van der Waals surface area contributed by atoms with E-state index >= 15 is 0 Å². The van der Waals surface area contributed by atoms with Crippen LogP contribution in [0.5, 0.6) is 5.88 Å². The highest BCUT2D eigenvalue weighted by Crippen LogP contribution is 2.34. The molecule has 0 bridgehead atoms. The van der Waals surface area contributed by atoms with Crippen molar-refractivity contribution in [3.63, 3.8) is 0 Å². The molecule has 0 spiro atoms. The summed E-state index contributed by atoms with van der Waals surface area (Å²) in [4.78, 5) is 20.2. The summed E-state index contributed by atoms with van der Waals surface area (Å²) in [6, 6.07) is 0. The highest BCUT2D eigenvalue weighted by atomic mass is 32.1. The maximum Gasteiger partial charge on any atom is 0.346 e. The normalized spacial score (nSPS) is 10.8. The number of rotatable bonds is 6. The van der Waals surface area contributed by atoms with Gasteiger partial charge in [-0.05, 0) is 12.5 Å². The number of aromatic carboxylic acids is 1. The molecule has 2 rings (SSSR count). The quantitative estimate of drug-likeness (QED) is 0.817. The summed E-state index contributed by atoms with van der Waals surface area (Å²) in [5.74, 6) is -0.520. The van der Waals surface area contributed by atoms with E-state index in [2.05, 4.69) is 9.97 Å². The van der Waals surface area contributed by atoms with E-state index in [1.165, 1.54) is 6.33 Å². The van der Waals surface area contributed by atoms with Crippen molar-refractivity contribution in [2.24, 2.45) is 0 Å². The Bertz CT molecular complexity index is 597. The Balaban J connectivity index is 2.31. The second-order valence-electron chi connectivity index (χ2n) is 3.92. The highest BCUT2D eigenvalue weighted by Gasteiger charge is 2.19. The average molecular weight is 282 g/mol. The van der Waals surface area contributed by atoms with Crippen molar-refractivity contribution in [2.45, 2.75) is 13.3 Å². The number of carboxylic acid groups (broad SMARTS) is 1. The Hall–Kier alpha value is -1.73. The van der Waals surface area contributed by atoms with Gasteiger partial charge in [-0.1, -0.05) is 0 Å². The molecule has 19 heavy (non-hydrogen) atoms. The molecule has 0 aromatic carbocycles. The van der Waals surface area contributed by atoms with Gasteiger partial charge in [0.2, 0.25) is 5.88 Å². The second-order valence-corrected chi connectivity index (χ2v) is 4.91. The second kappa shape index (κ2) is 5.94. The number of thiophene rings is 1. The first-order chi connectivity index (χ1) is 9.15. The van der Waals surface area contributed by atoms with E-state index in [0.717, 1.165) is 17.8 Å². The van der Waals surface area contributed by atoms with Crippen molar-refractivity contribution in [3.05, 3.63) is 16.8 Å². The summed E-state index contributed by atoms with van der Waals surface area (Å²) in [7, 11) is 1.63. The van der Waals surface area contributed by atoms with Crippen molar-refractivity contribution < 1.29 is 19.4 Å². The largest absolute Gasteiger partial charge is 0.477 e. The van der Waals surface area contributed by atoms with Gasteiger partial charge in [0.1, 0.15) is 16.0 Å². The van der Waals surface area contributed by atoms with Crippen LogP contribution in [0, 0.1) is 6.92 Å². The lowest BCUT2D eigenvalue weighted by Gasteiger charge is -2.06. The Morgan fingerprint density at radius 2 is 2.21 bits per heavy atom. The van der Waals surface area contributed by atoms with Gasteiger partial charge >= 0.3 is 5.97 Å². The van der Waals surface area contributed by atoms with Crippen LogP contribution in [0.4, 0.5) is 0 Å². The number of fused-ring (bicyclic) bond motifs is 1. The summed E-state index contributed by atoms with van der Waals surface area (Å²) in [6.07, 6.45) is 2.13. The van der Waals surface area contributed by atoms with Crippen LogP contribution in [-0.4, -0.2) is 41.4 Å². The van der Waals surface area contributed by atoms with Crippen LogP contribution in [0.1, 0.15) is 21.7 Å². The van der Waals surface area contributed by atoms with Crippen LogP contribution in [0.25, 0.3) is 10.2 Å². The van der Waals surface area contributed by atoms with E-state index in [-0.39, 0.29) is 4.88 Å². The van der Waals surface area contributed by atoms with Crippen molar-refractivity contribution in [1.29, 1.82) is 0 Å². The summed E-state index contributed by atoms with van der Waals surface area (Å²) in [5.41, 5.74) is 0.648. The lowest BCUT2D eigenvalue weighted by molar-refractivity contribution is 0.0701. The number of ether oxygens (including phenoxy) is 2. The average Bonchev–Trinajstić information content (AvgIpc) is 2.73. The molecule has 1 N–H and O–H groups in total. The smallest absolute Gasteiger partial charge is 0.346 e. The van der Waals surface area contributed by atoms with Crippen LogP contribution in [-0.2, 0) is 4.74 Å². The van der Waals surface area contributed by atoms with Crippen LogP contribution in [0.2, 0.25) is 0 Å². The van der Waals surface area contributed by atoms with Gasteiger partial charge in [-0.3, -0.25) is 0 Å². The van der Waals surface area contributed by atoms with E-state index in [0.29, 0.717) is 34.9 Å². The minimum absolute atomic E-state index is 0.275. The van der Waals surface area contributed by atoms with Crippen molar-refractivity contribution in [2.75, 3.05) is 20.3 Å². The predicted octanol–water partition coefficient (Wildman–Crippen LogP) is 2.11. The molecule has 0 atom stereocenters. The number of methoxy groups -OCH3 is 1.